The Kier molecular flexibility index (Phi) is 6.83. The largest absolute Gasteiger partial charge is 0.513 e. The van der Waals surface area contributed by atoms with Crippen LogP contribution in [-0.4, -0.2) is 47.7 Å². The molecule has 0 atom stereocenters. The van der Waals surface area contributed by atoms with Crippen LogP contribution in [0.15, 0.2) is 48.7 Å². The molecule has 9 heteroatoms. The molecule has 8 nitrogen and oxygen atoms in total. The fourth-order valence-corrected chi connectivity index (χ4v) is 4.41. The van der Waals surface area contributed by atoms with E-state index in [-0.39, 0.29) is 37.0 Å². The van der Waals surface area contributed by atoms with Crippen LogP contribution in [-0.2, 0) is 19.7 Å². The second kappa shape index (κ2) is 9.85. The third-order valence-electron chi connectivity index (χ3n) is 5.88. The van der Waals surface area contributed by atoms with Crippen molar-refractivity contribution >= 4 is 34.5 Å². The van der Waals surface area contributed by atoms with Crippen molar-refractivity contribution in [1.82, 2.24) is 9.88 Å². The number of carbonyl (C=O) groups excluding carboxylic acids is 3. The maximum Gasteiger partial charge on any atom is 0.513 e. The van der Waals surface area contributed by atoms with Gasteiger partial charge in [-0.3, -0.25) is 4.79 Å². The minimum atomic E-state index is -0.813. The van der Waals surface area contributed by atoms with Crippen molar-refractivity contribution in [3.63, 3.8) is 0 Å². The number of halogens is 1. The zero-order valence-corrected chi connectivity index (χ0v) is 20.5. The lowest BCUT2D eigenvalue weighted by Gasteiger charge is -2.29. The minimum Gasteiger partial charge on any atom is -0.462 e. The van der Waals surface area contributed by atoms with Crippen LogP contribution in [0.5, 0.6) is 5.75 Å². The summed E-state index contributed by atoms with van der Waals surface area (Å²) in [6.45, 7) is 7.90. The van der Waals surface area contributed by atoms with Crippen molar-refractivity contribution < 1.29 is 33.0 Å². The molecule has 1 N–H and O–H groups in total. The Morgan fingerprint density at radius 3 is 2.39 bits per heavy atom. The molecule has 1 aromatic heterocycles. The lowest BCUT2D eigenvalue weighted by molar-refractivity contribution is -0.136. The fourth-order valence-electron chi connectivity index (χ4n) is 4.41. The van der Waals surface area contributed by atoms with Crippen molar-refractivity contribution in [2.75, 3.05) is 19.8 Å². The van der Waals surface area contributed by atoms with Gasteiger partial charge < -0.3 is 24.1 Å². The average Bonchev–Trinajstić information content (AvgIpc) is 3.16. The fraction of sp³-hybridized carbons (Fsp3) is 0.296. The van der Waals surface area contributed by atoms with Crippen molar-refractivity contribution in [2.45, 2.75) is 33.1 Å². The number of carbonyl (C=O) groups is 3. The molecule has 36 heavy (non-hydrogen) atoms. The highest BCUT2D eigenvalue weighted by atomic mass is 19.1. The normalized spacial score (nSPS) is 14.5. The summed E-state index contributed by atoms with van der Waals surface area (Å²) in [4.78, 5) is 42.9. The van der Waals surface area contributed by atoms with Gasteiger partial charge in [-0.25, -0.2) is 14.0 Å². The van der Waals surface area contributed by atoms with Gasteiger partial charge in [0, 0.05) is 40.7 Å². The Bertz CT molecular complexity index is 1360. The van der Waals surface area contributed by atoms with E-state index < -0.39 is 23.4 Å². The minimum absolute atomic E-state index is 0.151. The van der Waals surface area contributed by atoms with Gasteiger partial charge in [-0.1, -0.05) is 13.8 Å². The molecule has 0 unspecified atom stereocenters. The number of H-pyrrole nitrogens is 1. The van der Waals surface area contributed by atoms with E-state index in [0.29, 0.717) is 16.8 Å². The van der Waals surface area contributed by atoms with Crippen molar-refractivity contribution in [3.8, 4) is 5.75 Å². The van der Waals surface area contributed by atoms with Gasteiger partial charge in [0.1, 0.15) is 11.6 Å². The Balaban J connectivity index is 1.83. The van der Waals surface area contributed by atoms with Crippen LogP contribution in [0.2, 0.25) is 0 Å². The molecule has 3 aromatic rings. The van der Waals surface area contributed by atoms with E-state index in [1.165, 1.54) is 35.4 Å². The summed E-state index contributed by atoms with van der Waals surface area (Å²) in [6.07, 6.45) is 0.662. The highest BCUT2D eigenvalue weighted by Gasteiger charge is 2.37. The quantitative estimate of drug-likeness (QED) is 0.388. The molecule has 0 fully saturated rings. The smallest absolute Gasteiger partial charge is 0.462 e. The van der Waals surface area contributed by atoms with Crippen LogP contribution in [0, 0.1) is 5.82 Å². The van der Waals surface area contributed by atoms with E-state index in [4.69, 9.17) is 14.2 Å². The van der Waals surface area contributed by atoms with E-state index in [2.05, 4.69) is 4.98 Å². The molecule has 1 amide bonds. The second-order valence-corrected chi connectivity index (χ2v) is 8.95. The van der Waals surface area contributed by atoms with Gasteiger partial charge in [0.15, 0.2) is 0 Å². The van der Waals surface area contributed by atoms with Crippen LogP contribution in [0.4, 0.5) is 9.18 Å². The van der Waals surface area contributed by atoms with Crippen molar-refractivity contribution in [3.05, 3.63) is 71.3 Å². The van der Waals surface area contributed by atoms with Crippen LogP contribution >= 0.6 is 0 Å². The van der Waals surface area contributed by atoms with Gasteiger partial charge >= 0.3 is 12.1 Å². The number of hydrogen-bond acceptors (Lipinski definition) is 6. The first-order valence-electron chi connectivity index (χ1n) is 11.6. The highest BCUT2D eigenvalue weighted by Crippen LogP contribution is 2.41. The van der Waals surface area contributed by atoms with Crippen LogP contribution in [0.3, 0.4) is 0 Å². The molecule has 0 saturated carbocycles. The molecule has 188 valence electrons. The molecule has 0 aliphatic carbocycles. The zero-order chi connectivity index (χ0) is 26.0. The summed E-state index contributed by atoms with van der Waals surface area (Å²) in [5, 5.41) is 0.803. The van der Waals surface area contributed by atoms with Gasteiger partial charge in [0.05, 0.1) is 24.5 Å². The molecule has 0 saturated heterocycles. The van der Waals surface area contributed by atoms with E-state index in [1.54, 1.807) is 32.0 Å². The molecular formula is C27H27FN2O6. The Morgan fingerprint density at radius 2 is 1.72 bits per heavy atom. The van der Waals surface area contributed by atoms with Crippen LogP contribution in [0.1, 0.15) is 49.3 Å². The molecule has 2 heterocycles. The first-order chi connectivity index (χ1) is 17.1. The van der Waals surface area contributed by atoms with E-state index in [1.807, 2.05) is 13.8 Å². The van der Waals surface area contributed by atoms with Gasteiger partial charge in [-0.2, -0.15) is 0 Å². The second-order valence-electron chi connectivity index (χ2n) is 8.95. The number of benzene rings is 2. The number of fused-ring (bicyclic) bond motifs is 3. The molecule has 1 aliphatic rings. The first-order valence-corrected chi connectivity index (χ1v) is 11.6. The molecule has 0 spiro atoms. The van der Waals surface area contributed by atoms with E-state index in [0.717, 1.165) is 10.9 Å². The molecule has 2 aromatic carbocycles. The number of ether oxygens (including phenoxy) is 3. The van der Waals surface area contributed by atoms with Gasteiger partial charge in [-0.15, -0.1) is 0 Å². The number of nitrogens with zero attached hydrogens (tertiary/aromatic N) is 1. The Morgan fingerprint density at radius 1 is 1.03 bits per heavy atom. The maximum atomic E-state index is 13.4. The molecule has 0 bridgehead atoms. The van der Waals surface area contributed by atoms with Gasteiger partial charge in [-0.05, 0) is 55.8 Å². The third-order valence-corrected chi connectivity index (χ3v) is 5.88. The number of hydrogen-bond donors (Lipinski definition) is 1. The number of aromatic nitrogens is 1. The van der Waals surface area contributed by atoms with Gasteiger partial charge in [0.25, 0.3) is 5.91 Å². The summed E-state index contributed by atoms with van der Waals surface area (Å²) >= 11 is 0. The summed E-state index contributed by atoms with van der Waals surface area (Å²) in [5.41, 5.74) is 1.82. The average molecular weight is 495 g/mol. The molecule has 0 radical (unpaired) electrons. The summed E-state index contributed by atoms with van der Waals surface area (Å²) in [7, 11) is 0. The molecular weight excluding hydrogens is 467 g/mol. The van der Waals surface area contributed by atoms with Gasteiger partial charge in [0.2, 0.25) is 0 Å². The zero-order valence-electron chi connectivity index (χ0n) is 20.5. The van der Waals surface area contributed by atoms with Crippen LogP contribution in [0.25, 0.3) is 16.5 Å². The summed E-state index contributed by atoms with van der Waals surface area (Å²) in [6, 6.07) is 10.3. The maximum absolute atomic E-state index is 13.4. The Labute approximate surface area is 207 Å². The molecule has 4 rings (SSSR count). The van der Waals surface area contributed by atoms with E-state index in [9.17, 15) is 18.8 Å². The predicted molar refractivity (Wildman–Crippen MR) is 131 cm³/mol. The number of rotatable bonds is 5. The van der Waals surface area contributed by atoms with E-state index >= 15 is 0 Å². The monoisotopic (exact) mass is 494 g/mol. The molecule has 1 aliphatic heterocycles. The lowest BCUT2D eigenvalue weighted by atomic mass is 9.81. The number of aromatic amines is 1. The number of amides is 1. The van der Waals surface area contributed by atoms with Crippen molar-refractivity contribution in [1.29, 1.82) is 0 Å². The SMILES string of the molecule is CCOC(=O)Oc1ccc2c3c([nH]c2c1)C(C(=O)OCC)=CN(C(=O)c1ccc(F)cc1)CC3(C)C. The first kappa shape index (κ1) is 25.0. The van der Waals surface area contributed by atoms with Crippen molar-refractivity contribution in [2.24, 2.45) is 0 Å². The summed E-state index contributed by atoms with van der Waals surface area (Å²) < 4.78 is 28.8. The highest BCUT2D eigenvalue weighted by molar-refractivity contribution is 6.18. The third kappa shape index (κ3) is 4.82. The Hall–Kier alpha value is -4.14. The van der Waals surface area contributed by atoms with Crippen LogP contribution < -0.4 is 4.74 Å². The lowest BCUT2D eigenvalue weighted by Crippen LogP contribution is -2.36. The predicted octanol–water partition coefficient (Wildman–Crippen LogP) is 5.18. The number of nitrogens with one attached hydrogen (secondary N) is 1. The standard InChI is InChI=1S/C27H27FN2O6/c1-5-34-25(32)20-14-30(24(31)16-7-9-17(28)10-8-16)15-27(3,4)22-19-12-11-18(36-26(33)35-6-2)13-21(19)29-23(20)22/h7-14,29H,5-6,15H2,1-4H3. The summed E-state index contributed by atoms with van der Waals surface area (Å²) in [5.74, 6) is -1.13. The topological polar surface area (TPSA) is 97.9 Å². The number of esters is 1.